The van der Waals surface area contributed by atoms with Crippen molar-refractivity contribution in [2.45, 2.75) is 37.6 Å². The van der Waals surface area contributed by atoms with Crippen molar-refractivity contribution in [2.75, 3.05) is 5.73 Å². The Hall–Kier alpha value is -2.29. The van der Waals surface area contributed by atoms with E-state index in [4.69, 9.17) is 10.3 Å². The molecule has 2 heterocycles. The summed E-state index contributed by atoms with van der Waals surface area (Å²) in [4.78, 5) is 0. The molecule has 0 atom stereocenters. The Labute approximate surface area is 109 Å². The van der Waals surface area contributed by atoms with Crippen molar-refractivity contribution in [3.63, 3.8) is 0 Å². The summed E-state index contributed by atoms with van der Waals surface area (Å²) in [6.45, 7) is 0. The molecule has 4 rings (SSSR count). The molecule has 0 aromatic carbocycles. The molecule has 19 heavy (non-hydrogen) atoms. The van der Waals surface area contributed by atoms with Gasteiger partial charge in [0.15, 0.2) is 0 Å². The Morgan fingerprint density at radius 1 is 1.37 bits per heavy atom. The first-order valence-corrected chi connectivity index (χ1v) is 6.53. The summed E-state index contributed by atoms with van der Waals surface area (Å²) in [5.41, 5.74) is 7.56. The second-order valence-electron chi connectivity index (χ2n) is 5.29. The van der Waals surface area contributed by atoms with E-state index in [1.807, 2.05) is 6.07 Å². The van der Waals surface area contributed by atoms with E-state index >= 15 is 0 Å². The molecule has 6 nitrogen and oxygen atoms in total. The lowest BCUT2D eigenvalue weighted by Gasteiger charge is -1.98. The number of aromatic nitrogens is 3. The lowest BCUT2D eigenvalue weighted by molar-refractivity contribution is 0.386. The molecule has 6 heteroatoms. The largest absolute Gasteiger partial charge is 0.383 e. The van der Waals surface area contributed by atoms with Crippen LogP contribution in [0.25, 0.3) is 11.4 Å². The van der Waals surface area contributed by atoms with E-state index in [0.29, 0.717) is 34.7 Å². The van der Waals surface area contributed by atoms with Gasteiger partial charge in [0.05, 0.1) is 6.04 Å². The van der Waals surface area contributed by atoms with E-state index in [-0.39, 0.29) is 0 Å². The molecular weight excluding hydrogens is 242 g/mol. The minimum absolute atomic E-state index is 0.343. The number of rotatable bonds is 3. The quantitative estimate of drug-likeness (QED) is 0.907. The molecule has 2 aliphatic carbocycles. The highest BCUT2D eigenvalue weighted by Gasteiger charge is 2.32. The van der Waals surface area contributed by atoms with Crippen molar-refractivity contribution in [2.24, 2.45) is 0 Å². The summed E-state index contributed by atoms with van der Waals surface area (Å²) in [5, 5.41) is 17.7. The number of hydrogen-bond donors (Lipinski definition) is 1. The van der Waals surface area contributed by atoms with Crippen molar-refractivity contribution in [3.8, 4) is 17.5 Å². The summed E-state index contributed by atoms with van der Waals surface area (Å²) < 4.78 is 7.07. The molecule has 2 aliphatic rings. The van der Waals surface area contributed by atoms with Gasteiger partial charge in [-0.25, -0.2) is 4.68 Å². The van der Waals surface area contributed by atoms with E-state index in [0.717, 1.165) is 31.4 Å². The van der Waals surface area contributed by atoms with E-state index in [1.165, 1.54) is 0 Å². The number of nitrogen functional groups attached to an aromatic ring is 1. The van der Waals surface area contributed by atoms with Crippen LogP contribution < -0.4 is 5.73 Å². The standard InChI is InChI=1S/C13H13N5O/c14-6-9-12(16-18(13(9)15)8-3-4-8)10-5-11(19-17-10)7-1-2-7/h5,7-8H,1-4,15H2. The highest BCUT2D eigenvalue weighted by Crippen LogP contribution is 2.42. The Morgan fingerprint density at radius 3 is 2.79 bits per heavy atom. The number of nitrogens with two attached hydrogens (primary N) is 1. The third kappa shape index (κ3) is 1.62. The fraction of sp³-hybridized carbons (Fsp3) is 0.462. The van der Waals surface area contributed by atoms with Crippen LogP contribution in [0.1, 0.15) is 49.0 Å². The van der Waals surface area contributed by atoms with Gasteiger partial charge in [-0.3, -0.25) is 0 Å². The van der Waals surface area contributed by atoms with Gasteiger partial charge in [-0.2, -0.15) is 10.4 Å². The van der Waals surface area contributed by atoms with Crippen LogP contribution in [-0.4, -0.2) is 14.9 Å². The zero-order chi connectivity index (χ0) is 13.0. The Morgan fingerprint density at radius 2 is 2.16 bits per heavy atom. The van der Waals surface area contributed by atoms with Crippen molar-refractivity contribution >= 4 is 5.82 Å². The van der Waals surface area contributed by atoms with Gasteiger partial charge >= 0.3 is 0 Å². The Balaban J connectivity index is 1.80. The van der Waals surface area contributed by atoms with Crippen molar-refractivity contribution < 1.29 is 4.52 Å². The van der Waals surface area contributed by atoms with Gasteiger partial charge in [-0.05, 0) is 25.7 Å². The Bertz CT molecular complexity index is 684. The van der Waals surface area contributed by atoms with Gasteiger partial charge in [0.1, 0.15) is 34.6 Å². The van der Waals surface area contributed by atoms with Gasteiger partial charge in [-0.15, -0.1) is 0 Å². The first-order chi connectivity index (χ1) is 9.28. The number of anilines is 1. The molecule has 2 aromatic rings. The van der Waals surface area contributed by atoms with E-state index in [9.17, 15) is 5.26 Å². The first kappa shape index (κ1) is 10.6. The predicted octanol–water partition coefficient (Wildman–Crippen LogP) is 2.20. The fourth-order valence-corrected chi connectivity index (χ4v) is 2.30. The summed E-state index contributed by atoms with van der Waals surface area (Å²) in [6, 6.07) is 4.36. The van der Waals surface area contributed by atoms with Crippen LogP contribution >= 0.6 is 0 Å². The van der Waals surface area contributed by atoms with Crippen molar-refractivity contribution in [1.29, 1.82) is 5.26 Å². The Kier molecular flexibility index (Phi) is 2.01. The van der Waals surface area contributed by atoms with Crippen LogP contribution in [0.15, 0.2) is 10.6 Å². The third-order valence-electron chi connectivity index (χ3n) is 3.70. The predicted molar refractivity (Wildman–Crippen MR) is 67.1 cm³/mol. The molecule has 0 amide bonds. The first-order valence-electron chi connectivity index (χ1n) is 6.53. The highest BCUT2D eigenvalue weighted by molar-refractivity contribution is 5.70. The molecule has 2 saturated carbocycles. The van der Waals surface area contributed by atoms with Crippen LogP contribution in [0.4, 0.5) is 5.82 Å². The average Bonchev–Trinajstić information content (AvgIpc) is 3.34. The van der Waals surface area contributed by atoms with Gasteiger partial charge in [0.2, 0.25) is 0 Å². The van der Waals surface area contributed by atoms with Crippen molar-refractivity contribution in [1.82, 2.24) is 14.9 Å². The molecule has 0 aliphatic heterocycles. The molecule has 0 unspecified atom stereocenters. The van der Waals surface area contributed by atoms with Crippen LogP contribution in [0, 0.1) is 11.3 Å². The van der Waals surface area contributed by atoms with Crippen molar-refractivity contribution in [3.05, 3.63) is 17.4 Å². The summed E-state index contributed by atoms with van der Waals surface area (Å²) in [5.74, 6) is 1.82. The molecule has 2 fully saturated rings. The third-order valence-corrected chi connectivity index (χ3v) is 3.70. The number of hydrogen-bond acceptors (Lipinski definition) is 5. The molecular formula is C13H13N5O. The van der Waals surface area contributed by atoms with Gasteiger partial charge in [0.25, 0.3) is 0 Å². The van der Waals surface area contributed by atoms with Crippen LogP contribution in [-0.2, 0) is 0 Å². The van der Waals surface area contributed by atoms with Gasteiger partial charge < -0.3 is 10.3 Å². The molecule has 0 bridgehead atoms. The fourth-order valence-electron chi connectivity index (χ4n) is 2.30. The normalized spacial score (nSPS) is 18.5. The summed E-state index contributed by atoms with van der Waals surface area (Å²) >= 11 is 0. The van der Waals surface area contributed by atoms with Gasteiger partial charge in [0, 0.05) is 12.0 Å². The maximum absolute atomic E-state index is 9.26. The number of nitriles is 1. The smallest absolute Gasteiger partial charge is 0.140 e. The van der Waals surface area contributed by atoms with E-state index in [1.54, 1.807) is 4.68 Å². The second-order valence-corrected chi connectivity index (χ2v) is 5.29. The molecule has 2 aromatic heterocycles. The minimum atomic E-state index is 0.343. The second kappa shape index (κ2) is 3.60. The molecule has 0 radical (unpaired) electrons. The maximum atomic E-state index is 9.26. The minimum Gasteiger partial charge on any atom is -0.383 e. The highest BCUT2D eigenvalue weighted by atomic mass is 16.5. The van der Waals surface area contributed by atoms with Crippen LogP contribution in [0.5, 0.6) is 0 Å². The lowest BCUT2D eigenvalue weighted by Crippen LogP contribution is -2.02. The zero-order valence-electron chi connectivity index (χ0n) is 10.3. The van der Waals surface area contributed by atoms with Crippen LogP contribution in [0.2, 0.25) is 0 Å². The maximum Gasteiger partial charge on any atom is 0.140 e. The van der Waals surface area contributed by atoms with Crippen LogP contribution in [0.3, 0.4) is 0 Å². The number of nitrogens with zero attached hydrogens (tertiary/aromatic N) is 4. The average molecular weight is 255 g/mol. The topological polar surface area (TPSA) is 93.7 Å². The zero-order valence-corrected chi connectivity index (χ0v) is 10.3. The van der Waals surface area contributed by atoms with E-state index in [2.05, 4.69) is 16.3 Å². The van der Waals surface area contributed by atoms with E-state index < -0.39 is 0 Å². The molecule has 2 N–H and O–H groups in total. The van der Waals surface area contributed by atoms with Gasteiger partial charge in [-0.1, -0.05) is 5.16 Å². The molecule has 0 spiro atoms. The summed E-state index contributed by atoms with van der Waals surface area (Å²) in [6.07, 6.45) is 4.45. The molecule has 96 valence electrons. The SMILES string of the molecule is N#Cc1c(-c2cc(C3CC3)on2)nn(C2CC2)c1N. The lowest BCUT2D eigenvalue weighted by atomic mass is 10.2. The summed E-state index contributed by atoms with van der Waals surface area (Å²) in [7, 11) is 0. The monoisotopic (exact) mass is 255 g/mol. The molecule has 0 saturated heterocycles.